The Morgan fingerprint density at radius 3 is 2.35 bits per heavy atom. The summed E-state index contributed by atoms with van der Waals surface area (Å²) in [5.41, 5.74) is 0.877. The zero-order chi connectivity index (χ0) is 14.4. The topological polar surface area (TPSA) is 63.7 Å². The fourth-order valence-electron chi connectivity index (χ4n) is 2.43. The lowest BCUT2D eigenvalue weighted by Crippen LogP contribution is -2.36. The lowest BCUT2D eigenvalue weighted by atomic mass is 9.94. The Hall–Kier alpha value is -2.69. The van der Waals surface area contributed by atoms with E-state index in [1.807, 2.05) is 0 Å². The monoisotopic (exact) mass is 269 g/mol. The van der Waals surface area contributed by atoms with Crippen LogP contribution in [0.25, 0.3) is 10.8 Å². The highest BCUT2D eigenvalue weighted by molar-refractivity contribution is 6.26. The van der Waals surface area contributed by atoms with Crippen molar-refractivity contribution in [3.8, 4) is 5.75 Å². The minimum absolute atomic E-state index is 0.350. The first-order chi connectivity index (χ1) is 9.50. The predicted octanol–water partition coefficient (Wildman–Crippen LogP) is 1.99. The number of carbonyl (C=O) groups excluding carboxylic acids is 3. The summed E-state index contributed by atoms with van der Waals surface area (Å²) in [5.74, 6) is -0.805. The van der Waals surface area contributed by atoms with Crippen LogP contribution in [0.2, 0.25) is 0 Å². The maximum Gasteiger partial charge on any atom is 0.308 e. The van der Waals surface area contributed by atoms with Crippen LogP contribution in [-0.2, 0) is 4.79 Å². The van der Waals surface area contributed by atoms with E-state index < -0.39 is 5.97 Å². The molecule has 2 amide bonds. The summed E-state index contributed by atoms with van der Waals surface area (Å²) in [6.45, 7) is 1.31. The highest BCUT2D eigenvalue weighted by Gasteiger charge is 2.30. The molecule has 0 spiro atoms. The van der Waals surface area contributed by atoms with Gasteiger partial charge >= 0.3 is 5.97 Å². The lowest BCUT2D eigenvalue weighted by molar-refractivity contribution is -0.131. The summed E-state index contributed by atoms with van der Waals surface area (Å²) in [5, 5.41) is 1.13. The van der Waals surface area contributed by atoms with E-state index in [0.717, 1.165) is 4.90 Å². The second-order valence-electron chi connectivity index (χ2n) is 4.60. The second kappa shape index (κ2) is 4.16. The zero-order valence-electron chi connectivity index (χ0n) is 11.0. The summed E-state index contributed by atoms with van der Waals surface area (Å²) in [6, 6.07) is 8.25. The lowest BCUT2D eigenvalue weighted by Gasteiger charge is -2.24. The van der Waals surface area contributed by atoms with Gasteiger partial charge in [-0.1, -0.05) is 12.1 Å². The van der Waals surface area contributed by atoms with Gasteiger partial charge in [0.05, 0.1) is 0 Å². The van der Waals surface area contributed by atoms with Gasteiger partial charge in [-0.25, -0.2) is 0 Å². The van der Waals surface area contributed by atoms with E-state index in [2.05, 4.69) is 0 Å². The molecule has 0 saturated heterocycles. The molecule has 0 atom stereocenters. The molecule has 1 aliphatic heterocycles. The van der Waals surface area contributed by atoms with Crippen LogP contribution in [0.15, 0.2) is 30.3 Å². The van der Waals surface area contributed by atoms with Crippen molar-refractivity contribution < 1.29 is 19.1 Å². The SMILES string of the molecule is CC(=O)Oc1ccc2c3c(cccc13)C(=O)N(C)C2=O. The smallest absolute Gasteiger partial charge is 0.308 e. The number of esters is 1. The van der Waals surface area contributed by atoms with Crippen molar-refractivity contribution in [3.05, 3.63) is 41.5 Å². The summed E-state index contributed by atoms with van der Waals surface area (Å²) >= 11 is 0. The van der Waals surface area contributed by atoms with Gasteiger partial charge in [-0.3, -0.25) is 19.3 Å². The Labute approximate surface area is 114 Å². The molecule has 5 nitrogen and oxygen atoms in total. The molecular weight excluding hydrogens is 258 g/mol. The van der Waals surface area contributed by atoms with Crippen LogP contribution in [0, 0.1) is 0 Å². The van der Waals surface area contributed by atoms with Crippen LogP contribution in [0.5, 0.6) is 5.75 Å². The molecule has 1 heterocycles. The molecular formula is C15H11NO4. The van der Waals surface area contributed by atoms with Crippen LogP contribution in [-0.4, -0.2) is 29.7 Å². The maximum absolute atomic E-state index is 12.1. The molecule has 0 unspecified atom stereocenters. The van der Waals surface area contributed by atoms with Crippen molar-refractivity contribution >= 4 is 28.6 Å². The van der Waals surface area contributed by atoms with E-state index in [-0.39, 0.29) is 11.8 Å². The molecule has 5 heteroatoms. The van der Waals surface area contributed by atoms with Crippen molar-refractivity contribution in [1.82, 2.24) is 4.90 Å². The number of rotatable bonds is 1. The van der Waals surface area contributed by atoms with Gasteiger partial charge in [0.2, 0.25) is 0 Å². The largest absolute Gasteiger partial charge is 0.426 e. The summed E-state index contributed by atoms with van der Waals surface area (Å²) in [6.07, 6.45) is 0. The molecule has 0 aliphatic carbocycles. The van der Waals surface area contributed by atoms with E-state index in [4.69, 9.17) is 4.74 Å². The minimum Gasteiger partial charge on any atom is -0.426 e. The third-order valence-corrected chi connectivity index (χ3v) is 3.32. The number of hydrogen-bond acceptors (Lipinski definition) is 4. The quantitative estimate of drug-likeness (QED) is 0.451. The number of amides is 2. The van der Waals surface area contributed by atoms with Crippen molar-refractivity contribution in [2.45, 2.75) is 6.92 Å². The summed E-state index contributed by atoms with van der Waals surface area (Å²) in [7, 11) is 1.45. The molecule has 1 aliphatic rings. The van der Waals surface area contributed by atoms with Gasteiger partial charge in [0, 0.05) is 35.9 Å². The molecule has 20 heavy (non-hydrogen) atoms. The van der Waals surface area contributed by atoms with Gasteiger partial charge < -0.3 is 4.74 Å². The van der Waals surface area contributed by atoms with Crippen LogP contribution < -0.4 is 4.74 Å². The molecule has 2 aromatic rings. The zero-order valence-corrected chi connectivity index (χ0v) is 11.0. The fraction of sp³-hybridized carbons (Fsp3) is 0.133. The van der Waals surface area contributed by atoms with Crippen molar-refractivity contribution in [2.24, 2.45) is 0 Å². The molecule has 0 fully saturated rings. The highest BCUT2D eigenvalue weighted by Crippen LogP contribution is 2.35. The third kappa shape index (κ3) is 1.60. The minimum atomic E-state index is -0.448. The van der Waals surface area contributed by atoms with Crippen LogP contribution in [0.1, 0.15) is 27.6 Å². The van der Waals surface area contributed by atoms with Crippen molar-refractivity contribution in [2.75, 3.05) is 7.05 Å². The number of ether oxygens (including phenoxy) is 1. The molecule has 0 aromatic heterocycles. The van der Waals surface area contributed by atoms with Crippen molar-refractivity contribution in [3.63, 3.8) is 0 Å². The first kappa shape index (κ1) is 12.3. The number of benzene rings is 2. The predicted molar refractivity (Wildman–Crippen MR) is 71.7 cm³/mol. The summed E-state index contributed by atoms with van der Waals surface area (Å²) in [4.78, 5) is 36.5. The number of nitrogens with zero attached hydrogens (tertiary/aromatic N) is 1. The van der Waals surface area contributed by atoms with E-state index >= 15 is 0 Å². The number of hydrogen-bond donors (Lipinski definition) is 0. The maximum atomic E-state index is 12.1. The molecule has 3 rings (SSSR count). The average Bonchev–Trinajstić information content (AvgIpc) is 2.43. The van der Waals surface area contributed by atoms with Gasteiger partial charge in [0.25, 0.3) is 11.8 Å². The van der Waals surface area contributed by atoms with Crippen LogP contribution in [0.4, 0.5) is 0 Å². The normalized spacial score (nSPS) is 13.8. The van der Waals surface area contributed by atoms with E-state index in [1.54, 1.807) is 30.3 Å². The summed E-state index contributed by atoms with van der Waals surface area (Å²) < 4.78 is 5.13. The second-order valence-corrected chi connectivity index (χ2v) is 4.60. The Morgan fingerprint density at radius 1 is 1.05 bits per heavy atom. The van der Waals surface area contributed by atoms with E-state index in [0.29, 0.717) is 27.6 Å². The van der Waals surface area contributed by atoms with Gasteiger partial charge in [-0.2, -0.15) is 0 Å². The molecule has 0 saturated carbocycles. The van der Waals surface area contributed by atoms with Gasteiger partial charge in [0.1, 0.15) is 5.75 Å². The van der Waals surface area contributed by atoms with Gasteiger partial charge in [-0.05, 0) is 18.2 Å². The average molecular weight is 269 g/mol. The molecule has 0 bridgehead atoms. The number of carbonyl (C=O) groups is 3. The van der Waals surface area contributed by atoms with E-state index in [9.17, 15) is 14.4 Å². The Kier molecular flexibility index (Phi) is 2.57. The molecule has 100 valence electrons. The van der Waals surface area contributed by atoms with E-state index in [1.165, 1.54) is 14.0 Å². The molecule has 2 aromatic carbocycles. The molecule has 0 radical (unpaired) electrons. The van der Waals surface area contributed by atoms with Gasteiger partial charge in [0.15, 0.2) is 0 Å². The van der Waals surface area contributed by atoms with Crippen LogP contribution in [0.3, 0.4) is 0 Å². The first-order valence-corrected chi connectivity index (χ1v) is 6.07. The third-order valence-electron chi connectivity index (χ3n) is 3.32. The fourth-order valence-corrected chi connectivity index (χ4v) is 2.43. The number of imide groups is 1. The Bertz CT molecular complexity index is 757. The standard InChI is InChI=1S/C15H11NO4/c1-8(17)20-12-7-6-11-13-9(12)4-3-5-10(13)14(18)16(2)15(11)19/h3-7H,1-2H3. The molecule has 0 N–H and O–H groups in total. The first-order valence-electron chi connectivity index (χ1n) is 6.07. The van der Waals surface area contributed by atoms with Gasteiger partial charge in [-0.15, -0.1) is 0 Å². The Morgan fingerprint density at radius 2 is 1.70 bits per heavy atom. The van der Waals surface area contributed by atoms with Crippen molar-refractivity contribution in [1.29, 1.82) is 0 Å². The Balaban J connectivity index is 2.38. The highest BCUT2D eigenvalue weighted by atomic mass is 16.5. The van der Waals surface area contributed by atoms with Crippen LogP contribution >= 0.6 is 0 Å².